The van der Waals surface area contributed by atoms with Crippen molar-refractivity contribution >= 4 is 11.6 Å². The van der Waals surface area contributed by atoms with E-state index >= 15 is 0 Å². The zero-order chi connectivity index (χ0) is 15.4. The van der Waals surface area contributed by atoms with Crippen molar-refractivity contribution in [2.75, 3.05) is 32.7 Å². The standard InChI is InChI=1S/C18H27ClN2O/c19-16-7-4-6-15(12-16)18(22)14-21-11-5-8-17(21)13-20-9-2-1-3-10-20/h4,6-7,12,17-18,22H,1-3,5,8-11,13-14H2. The summed E-state index contributed by atoms with van der Waals surface area (Å²) in [6.07, 6.45) is 6.15. The lowest BCUT2D eigenvalue weighted by molar-refractivity contribution is 0.0878. The summed E-state index contributed by atoms with van der Waals surface area (Å²) in [6, 6.07) is 8.21. The molecule has 2 unspecified atom stereocenters. The van der Waals surface area contributed by atoms with Gasteiger partial charge in [0.1, 0.15) is 0 Å². The Labute approximate surface area is 138 Å². The molecule has 0 amide bonds. The molecular weight excluding hydrogens is 296 g/mol. The molecule has 2 aliphatic heterocycles. The predicted molar refractivity (Wildman–Crippen MR) is 91.3 cm³/mol. The van der Waals surface area contributed by atoms with Crippen molar-refractivity contribution in [3.8, 4) is 0 Å². The van der Waals surface area contributed by atoms with Gasteiger partial charge in [0, 0.05) is 24.2 Å². The lowest BCUT2D eigenvalue weighted by Gasteiger charge is -2.33. The van der Waals surface area contributed by atoms with Gasteiger partial charge >= 0.3 is 0 Å². The SMILES string of the molecule is OC(CN1CCCC1CN1CCCCC1)c1cccc(Cl)c1. The Balaban J connectivity index is 1.56. The van der Waals surface area contributed by atoms with Gasteiger partial charge in [-0.15, -0.1) is 0 Å². The van der Waals surface area contributed by atoms with Gasteiger partial charge in [0.15, 0.2) is 0 Å². The van der Waals surface area contributed by atoms with Gasteiger partial charge in [0.05, 0.1) is 6.10 Å². The van der Waals surface area contributed by atoms with Crippen LogP contribution in [0, 0.1) is 0 Å². The van der Waals surface area contributed by atoms with Gasteiger partial charge in [0.25, 0.3) is 0 Å². The summed E-state index contributed by atoms with van der Waals surface area (Å²) in [6.45, 7) is 5.50. The zero-order valence-electron chi connectivity index (χ0n) is 13.3. The van der Waals surface area contributed by atoms with E-state index in [1.165, 1.54) is 51.7 Å². The summed E-state index contributed by atoms with van der Waals surface area (Å²) in [7, 11) is 0. The van der Waals surface area contributed by atoms with Crippen LogP contribution in [0.2, 0.25) is 5.02 Å². The van der Waals surface area contributed by atoms with Crippen LogP contribution in [-0.2, 0) is 0 Å². The summed E-state index contributed by atoms with van der Waals surface area (Å²) in [5.41, 5.74) is 0.927. The number of benzene rings is 1. The Bertz CT molecular complexity index is 476. The van der Waals surface area contributed by atoms with Gasteiger partial charge < -0.3 is 10.0 Å². The molecule has 4 heteroatoms. The van der Waals surface area contributed by atoms with Gasteiger partial charge in [0.2, 0.25) is 0 Å². The first-order valence-corrected chi connectivity index (χ1v) is 9.00. The van der Waals surface area contributed by atoms with Gasteiger partial charge in [-0.05, 0) is 63.0 Å². The third-order valence-electron chi connectivity index (χ3n) is 5.06. The molecule has 0 aromatic heterocycles. The highest BCUT2D eigenvalue weighted by molar-refractivity contribution is 6.30. The molecule has 0 bridgehead atoms. The van der Waals surface area contributed by atoms with E-state index in [0.717, 1.165) is 18.7 Å². The molecule has 1 N–H and O–H groups in total. The van der Waals surface area contributed by atoms with Crippen molar-refractivity contribution in [3.05, 3.63) is 34.9 Å². The Morgan fingerprint density at radius 1 is 1.14 bits per heavy atom. The van der Waals surface area contributed by atoms with Crippen LogP contribution in [0.5, 0.6) is 0 Å². The van der Waals surface area contributed by atoms with Crippen LogP contribution in [0.1, 0.15) is 43.8 Å². The lowest BCUT2D eigenvalue weighted by Crippen LogP contribution is -2.43. The number of β-amino-alcohol motifs (C(OH)–C–C–N with tert-alkyl or cyclic N) is 1. The van der Waals surface area contributed by atoms with E-state index in [9.17, 15) is 5.11 Å². The van der Waals surface area contributed by atoms with Crippen molar-refractivity contribution in [1.82, 2.24) is 9.80 Å². The van der Waals surface area contributed by atoms with Gasteiger partial charge in [-0.2, -0.15) is 0 Å². The van der Waals surface area contributed by atoms with Crippen molar-refractivity contribution in [2.45, 2.75) is 44.2 Å². The van der Waals surface area contributed by atoms with Crippen LogP contribution in [0.15, 0.2) is 24.3 Å². The van der Waals surface area contributed by atoms with E-state index in [4.69, 9.17) is 11.6 Å². The molecule has 0 aliphatic carbocycles. The van der Waals surface area contributed by atoms with Crippen molar-refractivity contribution in [1.29, 1.82) is 0 Å². The fourth-order valence-electron chi connectivity index (χ4n) is 3.82. The number of likely N-dealkylation sites (tertiary alicyclic amines) is 2. The second-order valence-electron chi connectivity index (χ2n) is 6.72. The molecule has 3 rings (SSSR count). The maximum Gasteiger partial charge on any atom is 0.0917 e. The van der Waals surface area contributed by atoms with Gasteiger partial charge in [-0.1, -0.05) is 30.2 Å². The second kappa shape index (κ2) is 7.78. The number of nitrogens with zero attached hydrogens (tertiary/aromatic N) is 2. The molecule has 0 saturated carbocycles. The number of rotatable bonds is 5. The number of aliphatic hydroxyl groups excluding tert-OH is 1. The van der Waals surface area contributed by atoms with Crippen molar-refractivity contribution in [3.63, 3.8) is 0 Å². The summed E-state index contributed by atoms with van der Waals surface area (Å²) < 4.78 is 0. The molecule has 3 nitrogen and oxygen atoms in total. The normalized spacial score (nSPS) is 25.5. The molecular formula is C18H27ClN2O. The molecule has 2 atom stereocenters. The molecule has 2 aliphatic rings. The van der Waals surface area contributed by atoms with Crippen molar-refractivity contribution in [2.24, 2.45) is 0 Å². The molecule has 2 saturated heterocycles. The quantitative estimate of drug-likeness (QED) is 0.901. The average molecular weight is 323 g/mol. The van der Waals surface area contributed by atoms with Crippen molar-refractivity contribution < 1.29 is 5.11 Å². The maximum absolute atomic E-state index is 10.5. The summed E-state index contributed by atoms with van der Waals surface area (Å²) in [5.74, 6) is 0. The van der Waals surface area contributed by atoms with Crippen LogP contribution in [0.3, 0.4) is 0 Å². The van der Waals surface area contributed by atoms with Crippen LogP contribution in [0.4, 0.5) is 0 Å². The molecule has 2 heterocycles. The molecule has 0 radical (unpaired) electrons. The fourth-order valence-corrected chi connectivity index (χ4v) is 4.02. The van der Waals surface area contributed by atoms with E-state index in [1.54, 1.807) is 0 Å². The van der Waals surface area contributed by atoms with E-state index in [-0.39, 0.29) is 0 Å². The summed E-state index contributed by atoms with van der Waals surface area (Å²) >= 11 is 6.03. The highest BCUT2D eigenvalue weighted by atomic mass is 35.5. The monoisotopic (exact) mass is 322 g/mol. The van der Waals surface area contributed by atoms with Gasteiger partial charge in [-0.25, -0.2) is 0 Å². The summed E-state index contributed by atoms with van der Waals surface area (Å²) in [4.78, 5) is 5.08. The minimum Gasteiger partial charge on any atom is -0.387 e. The topological polar surface area (TPSA) is 26.7 Å². The second-order valence-corrected chi connectivity index (χ2v) is 7.16. The highest BCUT2D eigenvalue weighted by Crippen LogP contribution is 2.25. The van der Waals surface area contributed by atoms with Crippen LogP contribution in [-0.4, -0.2) is 53.7 Å². The smallest absolute Gasteiger partial charge is 0.0917 e. The number of halogens is 1. The molecule has 2 fully saturated rings. The zero-order valence-corrected chi connectivity index (χ0v) is 14.0. The van der Waals surface area contributed by atoms with Crippen LogP contribution < -0.4 is 0 Å². The Morgan fingerprint density at radius 3 is 2.73 bits per heavy atom. The first-order chi connectivity index (χ1) is 10.7. The molecule has 1 aromatic rings. The summed E-state index contributed by atoms with van der Waals surface area (Å²) in [5, 5.41) is 11.2. The molecule has 22 heavy (non-hydrogen) atoms. The highest BCUT2D eigenvalue weighted by Gasteiger charge is 2.28. The third kappa shape index (κ3) is 4.23. The average Bonchev–Trinajstić information content (AvgIpc) is 2.95. The van der Waals surface area contributed by atoms with E-state index < -0.39 is 6.10 Å². The number of hydrogen-bond donors (Lipinski definition) is 1. The van der Waals surface area contributed by atoms with E-state index in [1.807, 2.05) is 24.3 Å². The third-order valence-corrected chi connectivity index (χ3v) is 5.29. The number of hydrogen-bond acceptors (Lipinski definition) is 3. The number of aliphatic hydroxyl groups is 1. The molecule has 1 aromatic carbocycles. The molecule has 122 valence electrons. The Hall–Kier alpha value is -0.610. The molecule has 0 spiro atoms. The van der Waals surface area contributed by atoms with Gasteiger partial charge in [-0.3, -0.25) is 4.90 Å². The van der Waals surface area contributed by atoms with Crippen LogP contribution in [0.25, 0.3) is 0 Å². The number of piperidine rings is 1. The van der Waals surface area contributed by atoms with E-state index in [2.05, 4.69) is 9.80 Å². The predicted octanol–water partition coefficient (Wildman–Crippen LogP) is 3.32. The Morgan fingerprint density at radius 2 is 1.95 bits per heavy atom. The minimum atomic E-state index is -0.444. The van der Waals surface area contributed by atoms with Crippen LogP contribution >= 0.6 is 11.6 Å². The first kappa shape index (κ1) is 16.3. The fraction of sp³-hybridized carbons (Fsp3) is 0.667. The minimum absolute atomic E-state index is 0.444. The Kier molecular flexibility index (Phi) is 5.75. The maximum atomic E-state index is 10.5. The first-order valence-electron chi connectivity index (χ1n) is 8.62. The van der Waals surface area contributed by atoms with E-state index in [0.29, 0.717) is 11.1 Å². The lowest BCUT2D eigenvalue weighted by atomic mass is 10.1. The largest absolute Gasteiger partial charge is 0.387 e.